The molecule has 4 nitrogen and oxygen atoms in total. The molecule has 2 aromatic carbocycles. The van der Waals surface area contributed by atoms with Gasteiger partial charge >= 0.3 is 0 Å². The fourth-order valence-electron chi connectivity index (χ4n) is 3.13. The lowest BCUT2D eigenvalue weighted by atomic mass is 9.93. The smallest absolute Gasteiger partial charge is 0.257 e. The highest BCUT2D eigenvalue weighted by molar-refractivity contribution is 5.94. The molecule has 2 aromatic rings. The van der Waals surface area contributed by atoms with E-state index in [0.717, 1.165) is 11.1 Å². The maximum absolute atomic E-state index is 14.0. The van der Waals surface area contributed by atoms with Crippen molar-refractivity contribution in [3.63, 3.8) is 0 Å². The molecule has 1 unspecified atom stereocenters. The van der Waals surface area contributed by atoms with Crippen molar-refractivity contribution in [2.45, 2.75) is 25.9 Å². The monoisotopic (exact) mass is 329 g/mol. The van der Waals surface area contributed by atoms with Gasteiger partial charge in [-0.05, 0) is 48.7 Å². The summed E-state index contributed by atoms with van der Waals surface area (Å²) in [4.78, 5) is 14.4. The number of hydrogen-bond donors (Lipinski definition) is 0. The lowest BCUT2D eigenvalue weighted by molar-refractivity contribution is 0.0653. The van der Waals surface area contributed by atoms with Gasteiger partial charge in [-0.3, -0.25) is 4.79 Å². The molecule has 0 fully saturated rings. The molecule has 1 atom stereocenters. The van der Waals surface area contributed by atoms with Crippen LogP contribution in [0, 0.1) is 5.82 Å². The third-order valence-corrected chi connectivity index (χ3v) is 4.46. The van der Waals surface area contributed by atoms with E-state index in [1.165, 1.54) is 12.1 Å². The molecular formula is C19H20FNO3. The van der Waals surface area contributed by atoms with Crippen molar-refractivity contribution in [1.82, 2.24) is 4.90 Å². The Kier molecular flexibility index (Phi) is 4.42. The summed E-state index contributed by atoms with van der Waals surface area (Å²) in [5.41, 5.74) is 2.22. The highest BCUT2D eigenvalue weighted by Gasteiger charge is 2.29. The molecular weight excluding hydrogens is 309 g/mol. The van der Waals surface area contributed by atoms with E-state index in [2.05, 4.69) is 0 Å². The van der Waals surface area contributed by atoms with Gasteiger partial charge in [0, 0.05) is 12.6 Å². The molecule has 0 spiro atoms. The predicted molar refractivity (Wildman–Crippen MR) is 89.0 cm³/mol. The zero-order valence-corrected chi connectivity index (χ0v) is 14.0. The molecule has 0 saturated heterocycles. The first-order valence-corrected chi connectivity index (χ1v) is 7.84. The Hall–Kier alpha value is -2.56. The van der Waals surface area contributed by atoms with Crippen LogP contribution in [-0.2, 0) is 13.0 Å². The lowest BCUT2D eigenvalue weighted by Gasteiger charge is -2.35. The second kappa shape index (κ2) is 6.51. The number of amides is 1. The maximum atomic E-state index is 14.0. The average molecular weight is 329 g/mol. The Morgan fingerprint density at radius 2 is 1.75 bits per heavy atom. The van der Waals surface area contributed by atoms with Crippen LogP contribution in [0.3, 0.4) is 0 Å². The normalized spacial score (nSPS) is 16.5. The minimum Gasteiger partial charge on any atom is -0.493 e. The van der Waals surface area contributed by atoms with Gasteiger partial charge in [-0.25, -0.2) is 4.39 Å². The van der Waals surface area contributed by atoms with Crippen molar-refractivity contribution >= 4 is 5.91 Å². The van der Waals surface area contributed by atoms with Gasteiger partial charge in [-0.2, -0.15) is 0 Å². The van der Waals surface area contributed by atoms with Crippen molar-refractivity contribution in [1.29, 1.82) is 0 Å². The topological polar surface area (TPSA) is 38.8 Å². The largest absolute Gasteiger partial charge is 0.493 e. The third-order valence-electron chi connectivity index (χ3n) is 4.46. The molecule has 5 heteroatoms. The fourth-order valence-corrected chi connectivity index (χ4v) is 3.13. The van der Waals surface area contributed by atoms with Crippen LogP contribution < -0.4 is 9.47 Å². The minimum atomic E-state index is -0.493. The zero-order chi connectivity index (χ0) is 17.3. The summed E-state index contributed by atoms with van der Waals surface area (Å²) in [6.07, 6.45) is 0.690. The molecule has 24 heavy (non-hydrogen) atoms. The second-order valence-electron chi connectivity index (χ2n) is 5.94. The number of methoxy groups -OCH3 is 2. The molecule has 3 rings (SSSR count). The van der Waals surface area contributed by atoms with Crippen molar-refractivity contribution in [2.75, 3.05) is 14.2 Å². The van der Waals surface area contributed by atoms with Gasteiger partial charge in [0.15, 0.2) is 11.5 Å². The van der Waals surface area contributed by atoms with Gasteiger partial charge in [0.1, 0.15) is 5.82 Å². The van der Waals surface area contributed by atoms with E-state index >= 15 is 0 Å². The summed E-state index contributed by atoms with van der Waals surface area (Å²) in [6.45, 7) is 2.39. The Labute approximate surface area is 140 Å². The first-order valence-electron chi connectivity index (χ1n) is 7.84. The molecule has 1 amide bonds. The first kappa shape index (κ1) is 16.3. The molecule has 0 aliphatic carbocycles. The van der Waals surface area contributed by atoms with Crippen LogP contribution in [0.2, 0.25) is 0 Å². The van der Waals surface area contributed by atoms with Crippen LogP contribution in [0.5, 0.6) is 11.5 Å². The number of carbonyl (C=O) groups is 1. The first-order chi connectivity index (χ1) is 11.5. The number of nitrogens with zero attached hydrogens (tertiary/aromatic N) is 1. The van der Waals surface area contributed by atoms with E-state index in [9.17, 15) is 9.18 Å². The fraction of sp³-hybridized carbons (Fsp3) is 0.316. The lowest BCUT2D eigenvalue weighted by Crippen LogP contribution is -2.42. The quantitative estimate of drug-likeness (QED) is 0.866. The highest BCUT2D eigenvalue weighted by atomic mass is 19.1. The van der Waals surface area contributed by atoms with E-state index < -0.39 is 5.82 Å². The van der Waals surface area contributed by atoms with Crippen LogP contribution in [-0.4, -0.2) is 31.1 Å². The van der Waals surface area contributed by atoms with Gasteiger partial charge in [-0.1, -0.05) is 12.1 Å². The van der Waals surface area contributed by atoms with Crippen LogP contribution in [0.4, 0.5) is 4.39 Å². The molecule has 0 N–H and O–H groups in total. The number of halogens is 1. The molecule has 1 aliphatic rings. The Balaban J connectivity index is 1.94. The molecule has 126 valence electrons. The Morgan fingerprint density at radius 3 is 2.38 bits per heavy atom. The van der Waals surface area contributed by atoms with Gasteiger partial charge in [0.25, 0.3) is 5.91 Å². The molecule has 0 saturated carbocycles. The van der Waals surface area contributed by atoms with Gasteiger partial charge in [-0.15, -0.1) is 0 Å². The van der Waals surface area contributed by atoms with E-state index in [1.807, 2.05) is 19.1 Å². The number of fused-ring (bicyclic) bond motifs is 1. The number of rotatable bonds is 3. The summed E-state index contributed by atoms with van der Waals surface area (Å²) >= 11 is 0. The average Bonchev–Trinajstić information content (AvgIpc) is 2.59. The SMILES string of the molecule is COc1cc2c(cc1OC)CN(C(=O)c1ccccc1F)C(C)C2. The highest BCUT2D eigenvalue weighted by Crippen LogP contribution is 2.35. The summed E-state index contributed by atoms with van der Waals surface area (Å²) in [5, 5.41) is 0. The standard InChI is InChI=1S/C19H20FNO3/c1-12-8-13-9-17(23-2)18(24-3)10-14(13)11-21(12)19(22)15-6-4-5-7-16(15)20/h4-7,9-10,12H,8,11H2,1-3H3. The second-order valence-corrected chi connectivity index (χ2v) is 5.94. The molecule has 0 aromatic heterocycles. The van der Waals surface area contributed by atoms with Crippen molar-refractivity contribution in [2.24, 2.45) is 0 Å². The van der Waals surface area contributed by atoms with E-state index in [4.69, 9.17) is 9.47 Å². The molecule has 1 heterocycles. The number of hydrogen-bond acceptors (Lipinski definition) is 3. The summed E-state index contributed by atoms with van der Waals surface area (Å²) in [6, 6.07) is 9.91. The molecule has 0 bridgehead atoms. The minimum absolute atomic E-state index is 0.0253. The van der Waals surface area contributed by atoms with Crippen LogP contribution in [0.25, 0.3) is 0 Å². The van der Waals surface area contributed by atoms with Gasteiger partial charge in [0.2, 0.25) is 0 Å². The van der Waals surface area contributed by atoms with Crippen molar-refractivity contribution < 1.29 is 18.7 Å². The third kappa shape index (κ3) is 2.82. The molecule has 1 aliphatic heterocycles. The summed E-state index contributed by atoms with van der Waals surface area (Å²) in [5.74, 6) is 0.523. The number of carbonyl (C=O) groups excluding carboxylic acids is 1. The van der Waals surface area contributed by atoms with E-state index in [1.54, 1.807) is 31.3 Å². The van der Waals surface area contributed by atoms with Crippen molar-refractivity contribution in [3.8, 4) is 11.5 Å². The van der Waals surface area contributed by atoms with E-state index in [0.29, 0.717) is 24.5 Å². The van der Waals surface area contributed by atoms with Gasteiger partial charge < -0.3 is 14.4 Å². The molecule has 0 radical (unpaired) electrons. The zero-order valence-electron chi connectivity index (χ0n) is 14.0. The maximum Gasteiger partial charge on any atom is 0.257 e. The number of ether oxygens (including phenoxy) is 2. The summed E-state index contributed by atoms with van der Waals surface area (Å²) < 4.78 is 24.6. The predicted octanol–water partition coefficient (Wildman–Crippen LogP) is 3.43. The summed E-state index contributed by atoms with van der Waals surface area (Å²) in [7, 11) is 3.18. The van der Waals surface area contributed by atoms with E-state index in [-0.39, 0.29) is 17.5 Å². The van der Waals surface area contributed by atoms with Crippen LogP contribution in [0.1, 0.15) is 28.4 Å². The van der Waals surface area contributed by atoms with Gasteiger partial charge in [0.05, 0.1) is 19.8 Å². The number of benzene rings is 2. The Bertz CT molecular complexity index is 775. The van der Waals surface area contributed by atoms with Crippen molar-refractivity contribution in [3.05, 3.63) is 58.9 Å². The van der Waals surface area contributed by atoms with Crippen LogP contribution >= 0.6 is 0 Å². The van der Waals surface area contributed by atoms with Crippen LogP contribution in [0.15, 0.2) is 36.4 Å². The Morgan fingerprint density at radius 1 is 1.12 bits per heavy atom.